The first-order valence-electron chi connectivity index (χ1n) is 6.66. The lowest BCUT2D eigenvalue weighted by atomic mass is 9.89. The van der Waals surface area contributed by atoms with Crippen LogP contribution in [0.15, 0.2) is 18.2 Å². The molecule has 96 valence electrons. The molecule has 3 rings (SSSR count). The van der Waals surface area contributed by atoms with Crippen molar-refractivity contribution in [2.75, 3.05) is 20.2 Å². The first-order valence-corrected chi connectivity index (χ1v) is 6.66. The number of piperidine rings is 1. The topological polar surface area (TPSA) is 37.0 Å². The van der Waals surface area contributed by atoms with Crippen molar-refractivity contribution in [3.05, 3.63) is 29.5 Å². The normalized spacial score (nSPS) is 17.2. The fourth-order valence-electron chi connectivity index (χ4n) is 3.02. The van der Waals surface area contributed by atoms with Gasteiger partial charge in [-0.3, -0.25) is 0 Å². The number of ether oxygens (including phenoxy) is 1. The number of methoxy groups -OCH3 is 1. The minimum atomic E-state index is 0.626. The van der Waals surface area contributed by atoms with Gasteiger partial charge in [0.1, 0.15) is 5.75 Å². The van der Waals surface area contributed by atoms with Crippen LogP contribution in [0.2, 0.25) is 0 Å². The van der Waals surface area contributed by atoms with Crippen molar-refractivity contribution in [2.24, 2.45) is 0 Å². The quantitative estimate of drug-likeness (QED) is 0.852. The molecular weight excluding hydrogens is 224 g/mol. The number of H-pyrrole nitrogens is 1. The highest BCUT2D eigenvalue weighted by Crippen LogP contribution is 2.37. The SMILES string of the molecule is COc1c(C2CCNCC2)ccc2[nH]c(C)cc12. The number of benzene rings is 1. The third-order valence-corrected chi connectivity index (χ3v) is 3.90. The van der Waals surface area contributed by atoms with E-state index in [1.807, 2.05) is 0 Å². The summed E-state index contributed by atoms with van der Waals surface area (Å²) in [4.78, 5) is 3.37. The molecule has 1 aliphatic rings. The predicted molar refractivity (Wildman–Crippen MR) is 74.4 cm³/mol. The van der Waals surface area contributed by atoms with Gasteiger partial charge in [-0.1, -0.05) is 6.07 Å². The number of aromatic amines is 1. The summed E-state index contributed by atoms with van der Waals surface area (Å²) in [5.41, 5.74) is 3.72. The minimum Gasteiger partial charge on any atom is -0.496 e. The molecule has 0 bridgehead atoms. The van der Waals surface area contributed by atoms with Gasteiger partial charge in [0, 0.05) is 16.6 Å². The summed E-state index contributed by atoms with van der Waals surface area (Å²) in [5.74, 6) is 1.68. The third kappa shape index (κ3) is 1.89. The highest BCUT2D eigenvalue weighted by Gasteiger charge is 2.20. The monoisotopic (exact) mass is 244 g/mol. The highest BCUT2D eigenvalue weighted by molar-refractivity contribution is 5.88. The van der Waals surface area contributed by atoms with Crippen LogP contribution in [0.3, 0.4) is 0 Å². The van der Waals surface area contributed by atoms with Crippen LogP contribution in [0.25, 0.3) is 10.9 Å². The molecule has 0 unspecified atom stereocenters. The molecular formula is C15H20N2O. The average Bonchev–Trinajstić information content (AvgIpc) is 2.78. The van der Waals surface area contributed by atoms with Crippen LogP contribution in [0, 0.1) is 6.92 Å². The molecule has 2 aromatic rings. The summed E-state index contributed by atoms with van der Waals surface area (Å²) in [7, 11) is 1.78. The smallest absolute Gasteiger partial charge is 0.131 e. The summed E-state index contributed by atoms with van der Waals surface area (Å²) in [6.07, 6.45) is 2.40. The molecule has 0 radical (unpaired) electrons. The van der Waals surface area contributed by atoms with Crippen molar-refractivity contribution in [3.63, 3.8) is 0 Å². The number of hydrogen-bond acceptors (Lipinski definition) is 2. The van der Waals surface area contributed by atoms with E-state index in [0.717, 1.165) is 18.8 Å². The maximum Gasteiger partial charge on any atom is 0.131 e. The van der Waals surface area contributed by atoms with E-state index < -0.39 is 0 Å². The average molecular weight is 244 g/mol. The van der Waals surface area contributed by atoms with E-state index in [4.69, 9.17) is 4.74 Å². The van der Waals surface area contributed by atoms with E-state index in [0.29, 0.717) is 5.92 Å². The number of aryl methyl sites for hydroxylation is 1. The molecule has 1 aromatic carbocycles. The Morgan fingerprint density at radius 2 is 2.00 bits per heavy atom. The van der Waals surface area contributed by atoms with Gasteiger partial charge in [0.15, 0.2) is 0 Å². The molecule has 0 saturated carbocycles. The first-order chi connectivity index (χ1) is 8.79. The lowest BCUT2D eigenvalue weighted by Gasteiger charge is -2.24. The zero-order valence-electron chi connectivity index (χ0n) is 11.0. The van der Waals surface area contributed by atoms with Crippen LogP contribution in [0.4, 0.5) is 0 Å². The fourth-order valence-corrected chi connectivity index (χ4v) is 3.02. The minimum absolute atomic E-state index is 0.626. The molecule has 0 spiro atoms. The Bertz CT molecular complexity index is 553. The molecule has 18 heavy (non-hydrogen) atoms. The summed E-state index contributed by atoms with van der Waals surface area (Å²) in [6, 6.07) is 6.59. The number of aromatic nitrogens is 1. The fraction of sp³-hybridized carbons (Fsp3) is 0.467. The standard InChI is InChI=1S/C15H20N2O/c1-10-9-13-14(17-10)4-3-12(15(13)18-2)11-5-7-16-8-6-11/h3-4,9,11,16-17H,5-8H2,1-2H3. The second-order valence-corrected chi connectivity index (χ2v) is 5.13. The third-order valence-electron chi connectivity index (χ3n) is 3.90. The van der Waals surface area contributed by atoms with Crippen LogP contribution in [-0.2, 0) is 0 Å². The van der Waals surface area contributed by atoms with E-state index in [9.17, 15) is 0 Å². The van der Waals surface area contributed by atoms with Gasteiger partial charge in [-0.25, -0.2) is 0 Å². The maximum absolute atomic E-state index is 5.68. The Balaban J connectivity index is 2.10. The van der Waals surface area contributed by atoms with Crippen molar-refractivity contribution in [3.8, 4) is 5.75 Å². The van der Waals surface area contributed by atoms with Gasteiger partial charge in [0.05, 0.1) is 7.11 Å². The summed E-state index contributed by atoms with van der Waals surface area (Å²) in [5, 5.41) is 4.63. The van der Waals surface area contributed by atoms with E-state index in [2.05, 4.69) is 35.4 Å². The Kier molecular flexibility index (Phi) is 3.00. The van der Waals surface area contributed by atoms with Crippen LogP contribution in [-0.4, -0.2) is 25.2 Å². The van der Waals surface area contributed by atoms with Gasteiger partial charge in [-0.05, 0) is 56.5 Å². The van der Waals surface area contributed by atoms with Crippen LogP contribution < -0.4 is 10.1 Å². The summed E-state index contributed by atoms with van der Waals surface area (Å²) < 4.78 is 5.68. The van der Waals surface area contributed by atoms with Crippen molar-refractivity contribution in [1.29, 1.82) is 0 Å². The van der Waals surface area contributed by atoms with Gasteiger partial charge in [-0.15, -0.1) is 0 Å². The molecule has 0 atom stereocenters. The van der Waals surface area contributed by atoms with Crippen molar-refractivity contribution >= 4 is 10.9 Å². The zero-order valence-corrected chi connectivity index (χ0v) is 11.0. The van der Waals surface area contributed by atoms with E-state index in [1.54, 1.807) is 7.11 Å². The van der Waals surface area contributed by atoms with Gasteiger partial charge in [0.25, 0.3) is 0 Å². The van der Waals surface area contributed by atoms with Crippen molar-refractivity contribution in [2.45, 2.75) is 25.7 Å². The maximum atomic E-state index is 5.68. The Labute approximate surface area is 108 Å². The lowest BCUT2D eigenvalue weighted by Crippen LogP contribution is -2.26. The van der Waals surface area contributed by atoms with Crippen LogP contribution >= 0.6 is 0 Å². The molecule has 3 heteroatoms. The van der Waals surface area contributed by atoms with Crippen LogP contribution in [0.1, 0.15) is 30.0 Å². The Hall–Kier alpha value is -1.48. The molecule has 2 N–H and O–H groups in total. The van der Waals surface area contributed by atoms with Gasteiger partial charge < -0.3 is 15.0 Å². The number of fused-ring (bicyclic) bond motifs is 1. The number of rotatable bonds is 2. The largest absolute Gasteiger partial charge is 0.496 e. The molecule has 0 amide bonds. The Morgan fingerprint density at radius 3 is 2.72 bits per heavy atom. The second-order valence-electron chi connectivity index (χ2n) is 5.13. The summed E-state index contributed by atoms with van der Waals surface area (Å²) in [6.45, 7) is 4.31. The number of hydrogen-bond donors (Lipinski definition) is 2. The van der Waals surface area contributed by atoms with E-state index in [1.165, 1.54) is 35.0 Å². The van der Waals surface area contributed by atoms with Crippen LogP contribution in [0.5, 0.6) is 5.75 Å². The first kappa shape index (κ1) is 11.6. The molecule has 1 fully saturated rings. The van der Waals surface area contributed by atoms with E-state index >= 15 is 0 Å². The van der Waals surface area contributed by atoms with Crippen molar-refractivity contribution < 1.29 is 4.74 Å². The highest BCUT2D eigenvalue weighted by atomic mass is 16.5. The molecule has 1 aliphatic heterocycles. The van der Waals surface area contributed by atoms with Gasteiger partial charge >= 0.3 is 0 Å². The predicted octanol–water partition coefficient (Wildman–Crippen LogP) is 2.95. The zero-order chi connectivity index (χ0) is 12.5. The van der Waals surface area contributed by atoms with Crippen molar-refractivity contribution in [1.82, 2.24) is 10.3 Å². The molecule has 3 nitrogen and oxygen atoms in total. The second kappa shape index (κ2) is 4.65. The van der Waals surface area contributed by atoms with Gasteiger partial charge in [-0.2, -0.15) is 0 Å². The molecule has 1 saturated heterocycles. The number of nitrogens with one attached hydrogen (secondary N) is 2. The van der Waals surface area contributed by atoms with E-state index in [-0.39, 0.29) is 0 Å². The van der Waals surface area contributed by atoms with Gasteiger partial charge in [0.2, 0.25) is 0 Å². The Morgan fingerprint density at radius 1 is 1.22 bits per heavy atom. The summed E-state index contributed by atoms with van der Waals surface area (Å²) >= 11 is 0. The molecule has 1 aromatic heterocycles. The molecule has 0 aliphatic carbocycles. The lowest BCUT2D eigenvalue weighted by molar-refractivity contribution is 0.396. The molecule has 2 heterocycles.